The number of rotatable bonds is 4. The van der Waals surface area contributed by atoms with Crippen LogP contribution in [0.4, 0.5) is 0 Å². The number of hydrogen-bond donors (Lipinski definition) is 0. The Morgan fingerprint density at radius 1 is 1.41 bits per heavy atom. The van der Waals surface area contributed by atoms with Crippen molar-refractivity contribution >= 4 is 0 Å². The Morgan fingerprint density at radius 3 is 2.47 bits per heavy atom. The second kappa shape index (κ2) is 6.00. The Hall–Kier alpha value is -1.10. The van der Waals surface area contributed by atoms with E-state index >= 15 is 0 Å². The van der Waals surface area contributed by atoms with Gasteiger partial charge in [-0.1, -0.05) is 20.8 Å². The maximum Gasteiger partial charge on any atom is 0.181 e. The van der Waals surface area contributed by atoms with Gasteiger partial charge in [0.2, 0.25) is 0 Å². The van der Waals surface area contributed by atoms with E-state index in [0.717, 1.165) is 24.9 Å². The fourth-order valence-corrected chi connectivity index (χ4v) is 2.31. The van der Waals surface area contributed by atoms with Crippen LogP contribution in [0.15, 0.2) is 12.5 Å². The van der Waals surface area contributed by atoms with Crippen molar-refractivity contribution in [3.8, 4) is 12.3 Å². The molecule has 0 radical (unpaired) electrons. The molecule has 96 valence electrons. The summed E-state index contributed by atoms with van der Waals surface area (Å²) in [7, 11) is 0. The first-order chi connectivity index (χ1) is 7.95. The monoisotopic (exact) mass is 235 g/mol. The predicted molar refractivity (Wildman–Crippen MR) is 72.3 cm³/mol. The third-order valence-electron chi connectivity index (χ3n) is 3.59. The van der Waals surface area contributed by atoms with E-state index in [1.165, 1.54) is 12.8 Å². The zero-order valence-electron chi connectivity index (χ0n) is 11.5. The molecule has 0 aromatic heterocycles. The van der Waals surface area contributed by atoms with Crippen molar-refractivity contribution in [1.29, 1.82) is 0 Å². The summed E-state index contributed by atoms with van der Waals surface area (Å²) in [5.41, 5.74) is 0.414. The van der Waals surface area contributed by atoms with Crippen LogP contribution in [0.1, 0.15) is 40.0 Å². The molecule has 0 amide bonds. The molecule has 0 aliphatic carbocycles. The first-order valence-corrected chi connectivity index (χ1v) is 6.45. The second-order valence-corrected chi connectivity index (χ2v) is 5.82. The summed E-state index contributed by atoms with van der Waals surface area (Å²) in [4.78, 5) is 2.23. The van der Waals surface area contributed by atoms with Gasteiger partial charge in [-0.25, -0.2) is 0 Å². The molecule has 0 bridgehead atoms. The SMILES string of the molecule is C#CCCOC(=C)N1CCC(C(C)(C)C)CC1. The quantitative estimate of drug-likeness (QED) is 0.421. The summed E-state index contributed by atoms with van der Waals surface area (Å²) in [6, 6.07) is 0. The molecule has 1 saturated heterocycles. The first kappa shape index (κ1) is 14.0. The molecule has 1 rings (SSSR count). The number of ether oxygens (including phenoxy) is 1. The summed E-state index contributed by atoms with van der Waals surface area (Å²) in [5.74, 6) is 4.16. The fourth-order valence-electron chi connectivity index (χ4n) is 2.31. The number of nitrogens with zero attached hydrogens (tertiary/aromatic N) is 1. The van der Waals surface area contributed by atoms with E-state index in [9.17, 15) is 0 Å². The summed E-state index contributed by atoms with van der Waals surface area (Å²) < 4.78 is 5.53. The zero-order chi connectivity index (χ0) is 12.9. The highest BCUT2D eigenvalue weighted by atomic mass is 16.5. The van der Waals surface area contributed by atoms with Gasteiger partial charge in [-0.05, 0) is 30.8 Å². The lowest BCUT2D eigenvalue weighted by atomic mass is 9.75. The normalized spacial score (nSPS) is 17.6. The molecule has 2 heteroatoms. The van der Waals surface area contributed by atoms with Crippen molar-refractivity contribution in [2.24, 2.45) is 11.3 Å². The molecule has 0 saturated carbocycles. The highest BCUT2D eigenvalue weighted by Crippen LogP contribution is 2.34. The molecular weight excluding hydrogens is 210 g/mol. The van der Waals surface area contributed by atoms with E-state index < -0.39 is 0 Å². The van der Waals surface area contributed by atoms with Crippen LogP contribution in [0.5, 0.6) is 0 Å². The largest absolute Gasteiger partial charge is 0.478 e. The molecule has 0 atom stereocenters. The van der Waals surface area contributed by atoms with E-state index in [1.54, 1.807) is 0 Å². The average molecular weight is 235 g/mol. The van der Waals surface area contributed by atoms with Crippen LogP contribution in [0.3, 0.4) is 0 Å². The number of hydrogen-bond acceptors (Lipinski definition) is 2. The van der Waals surface area contributed by atoms with Gasteiger partial charge in [0.1, 0.15) is 6.61 Å². The molecular formula is C15H25NO. The topological polar surface area (TPSA) is 12.5 Å². The van der Waals surface area contributed by atoms with E-state index in [-0.39, 0.29) is 0 Å². The van der Waals surface area contributed by atoms with Gasteiger partial charge >= 0.3 is 0 Å². The van der Waals surface area contributed by atoms with Crippen LogP contribution in [-0.2, 0) is 4.74 Å². The summed E-state index contributed by atoms with van der Waals surface area (Å²) in [6.45, 7) is 13.6. The minimum Gasteiger partial charge on any atom is -0.478 e. The fraction of sp³-hybridized carbons (Fsp3) is 0.733. The van der Waals surface area contributed by atoms with Crippen LogP contribution in [0, 0.1) is 23.7 Å². The number of terminal acetylenes is 1. The Morgan fingerprint density at radius 2 is 2.00 bits per heavy atom. The molecule has 0 unspecified atom stereocenters. The van der Waals surface area contributed by atoms with Gasteiger partial charge in [-0.15, -0.1) is 12.3 Å². The number of piperidine rings is 1. The lowest BCUT2D eigenvalue weighted by Crippen LogP contribution is -2.37. The van der Waals surface area contributed by atoms with Crippen LogP contribution >= 0.6 is 0 Å². The standard InChI is InChI=1S/C15H25NO/c1-6-7-12-17-13(2)16-10-8-14(9-11-16)15(3,4)5/h1,14H,2,7-12H2,3-5H3. The third kappa shape index (κ3) is 4.34. The Balaban J connectivity index is 2.32. The highest BCUT2D eigenvalue weighted by molar-refractivity contribution is 4.91. The summed E-state index contributed by atoms with van der Waals surface area (Å²) >= 11 is 0. The molecule has 0 aromatic rings. The van der Waals surface area contributed by atoms with Gasteiger partial charge in [-0.2, -0.15) is 0 Å². The van der Waals surface area contributed by atoms with Crippen LogP contribution in [0.2, 0.25) is 0 Å². The Bertz CT molecular complexity index is 287. The minimum absolute atomic E-state index is 0.414. The van der Waals surface area contributed by atoms with Gasteiger partial charge in [0.05, 0.1) is 0 Å². The average Bonchev–Trinajstić information content (AvgIpc) is 2.28. The molecule has 1 aliphatic rings. The molecule has 0 aromatic carbocycles. The first-order valence-electron chi connectivity index (χ1n) is 6.45. The molecule has 17 heavy (non-hydrogen) atoms. The van der Waals surface area contributed by atoms with Gasteiger partial charge in [0, 0.05) is 19.5 Å². The van der Waals surface area contributed by atoms with E-state index in [4.69, 9.17) is 11.2 Å². The van der Waals surface area contributed by atoms with E-state index in [2.05, 4.69) is 38.2 Å². The highest BCUT2D eigenvalue weighted by Gasteiger charge is 2.29. The van der Waals surface area contributed by atoms with Crippen LogP contribution in [-0.4, -0.2) is 24.6 Å². The summed E-state index contributed by atoms with van der Waals surface area (Å²) in [5, 5.41) is 0. The van der Waals surface area contributed by atoms with E-state index in [0.29, 0.717) is 18.4 Å². The van der Waals surface area contributed by atoms with Crippen LogP contribution < -0.4 is 0 Å². The smallest absolute Gasteiger partial charge is 0.181 e. The van der Waals surface area contributed by atoms with Gasteiger partial charge in [0.25, 0.3) is 0 Å². The van der Waals surface area contributed by atoms with Crippen molar-refractivity contribution in [3.05, 3.63) is 12.5 Å². The molecule has 0 N–H and O–H groups in total. The van der Waals surface area contributed by atoms with Gasteiger partial charge in [0.15, 0.2) is 5.88 Å². The van der Waals surface area contributed by atoms with E-state index in [1.807, 2.05) is 0 Å². The Kier molecular flexibility index (Phi) is 4.93. The van der Waals surface area contributed by atoms with Crippen molar-refractivity contribution < 1.29 is 4.74 Å². The molecule has 0 spiro atoms. The molecule has 2 nitrogen and oxygen atoms in total. The lowest BCUT2D eigenvalue weighted by molar-refractivity contribution is 0.0666. The van der Waals surface area contributed by atoms with Crippen LogP contribution in [0.25, 0.3) is 0 Å². The van der Waals surface area contributed by atoms with Crippen molar-refractivity contribution in [2.45, 2.75) is 40.0 Å². The molecule has 1 heterocycles. The number of likely N-dealkylation sites (tertiary alicyclic amines) is 1. The maximum absolute atomic E-state index is 5.53. The third-order valence-corrected chi connectivity index (χ3v) is 3.59. The minimum atomic E-state index is 0.414. The Labute approximate surface area is 106 Å². The van der Waals surface area contributed by atoms with Gasteiger partial charge in [-0.3, -0.25) is 0 Å². The second-order valence-electron chi connectivity index (χ2n) is 5.82. The van der Waals surface area contributed by atoms with Crippen molar-refractivity contribution in [2.75, 3.05) is 19.7 Å². The summed E-state index contributed by atoms with van der Waals surface area (Å²) in [6.07, 6.45) is 8.28. The molecule has 1 aliphatic heterocycles. The van der Waals surface area contributed by atoms with Gasteiger partial charge < -0.3 is 9.64 Å². The molecule has 1 fully saturated rings. The maximum atomic E-state index is 5.53. The lowest BCUT2D eigenvalue weighted by Gasteiger charge is -2.39. The van der Waals surface area contributed by atoms with Crippen molar-refractivity contribution in [1.82, 2.24) is 4.90 Å². The zero-order valence-corrected chi connectivity index (χ0v) is 11.5. The predicted octanol–water partition coefficient (Wildman–Crippen LogP) is 3.26. The van der Waals surface area contributed by atoms with Crippen molar-refractivity contribution in [3.63, 3.8) is 0 Å².